The van der Waals surface area contributed by atoms with Crippen LogP contribution in [-0.4, -0.2) is 93.8 Å². The third kappa shape index (κ3) is 6.75. The van der Waals surface area contributed by atoms with Gasteiger partial charge in [-0.1, -0.05) is 12.1 Å². The van der Waals surface area contributed by atoms with E-state index in [1.54, 1.807) is 34.1 Å². The molecule has 4 amide bonds. The van der Waals surface area contributed by atoms with Crippen molar-refractivity contribution in [3.05, 3.63) is 53.8 Å². The van der Waals surface area contributed by atoms with Gasteiger partial charge in [0.2, 0.25) is 5.91 Å². The van der Waals surface area contributed by atoms with Crippen molar-refractivity contribution in [2.75, 3.05) is 81.7 Å². The number of nitrogens with one attached hydrogen (secondary N) is 2. The van der Waals surface area contributed by atoms with E-state index in [-0.39, 0.29) is 30.1 Å². The molecule has 37 heavy (non-hydrogen) atoms. The van der Waals surface area contributed by atoms with E-state index in [9.17, 15) is 18.8 Å². The molecule has 2 aliphatic heterocycles. The lowest BCUT2D eigenvalue weighted by Crippen LogP contribution is -2.42. The number of hydrogen-bond acceptors (Lipinski definition) is 6. The van der Waals surface area contributed by atoms with Crippen molar-refractivity contribution >= 4 is 34.9 Å². The van der Waals surface area contributed by atoms with Crippen LogP contribution in [-0.2, 0) is 14.3 Å². The van der Waals surface area contributed by atoms with Crippen molar-refractivity contribution in [1.29, 1.82) is 0 Å². The molecule has 10 nitrogen and oxygen atoms in total. The summed E-state index contributed by atoms with van der Waals surface area (Å²) in [7, 11) is 1.44. The Kier molecular flexibility index (Phi) is 8.91. The number of amides is 4. The third-order valence-corrected chi connectivity index (χ3v) is 6.32. The van der Waals surface area contributed by atoms with E-state index >= 15 is 0 Å². The van der Waals surface area contributed by atoms with Crippen molar-refractivity contribution < 1.29 is 28.2 Å². The minimum Gasteiger partial charge on any atom is -0.378 e. The van der Waals surface area contributed by atoms with Gasteiger partial charge in [-0.25, -0.2) is 9.18 Å². The van der Waals surface area contributed by atoms with Crippen LogP contribution in [0.25, 0.3) is 0 Å². The van der Waals surface area contributed by atoms with E-state index in [0.29, 0.717) is 70.2 Å². The number of halogens is 1. The van der Waals surface area contributed by atoms with Crippen molar-refractivity contribution in [3.63, 3.8) is 0 Å². The molecular formula is C26H32FN5O5. The Labute approximate surface area is 215 Å². The second-order valence-electron chi connectivity index (χ2n) is 8.86. The van der Waals surface area contributed by atoms with Crippen LogP contribution in [0.5, 0.6) is 0 Å². The summed E-state index contributed by atoms with van der Waals surface area (Å²) >= 11 is 0. The molecule has 4 rings (SSSR count). The summed E-state index contributed by atoms with van der Waals surface area (Å²) in [5.41, 5.74) is 1.85. The van der Waals surface area contributed by atoms with Crippen LogP contribution in [0.15, 0.2) is 42.5 Å². The Morgan fingerprint density at radius 3 is 2.49 bits per heavy atom. The fourth-order valence-electron chi connectivity index (χ4n) is 4.44. The maximum absolute atomic E-state index is 14.0. The molecule has 2 fully saturated rings. The Morgan fingerprint density at radius 2 is 1.73 bits per heavy atom. The van der Waals surface area contributed by atoms with Gasteiger partial charge in [0.25, 0.3) is 5.91 Å². The van der Waals surface area contributed by atoms with E-state index in [0.717, 1.165) is 5.69 Å². The van der Waals surface area contributed by atoms with Crippen LogP contribution in [0.1, 0.15) is 16.8 Å². The molecule has 2 aliphatic rings. The average molecular weight is 514 g/mol. The molecule has 0 spiro atoms. The first-order chi connectivity index (χ1) is 18.0. The lowest BCUT2D eigenvalue weighted by molar-refractivity contribution is -0.119. The Bertz CT molecular complexity index is 1120. The summed E-state index contributed by atoms with van der Waals surface area (Å²) in [6.45, 7) is 3.84. The quantitative estimate of drug-likeness (QED) is 0.616. The number of para-hydroxylation sites is 1. The molecule has 0 unspecified atom stereocenters. The SMILES string of the molecule is COCC(=O)Nc1ccc(N2CCCN(C(=O)Nc3ccccc3F)CC2)c(C(=O)N2CCOCC2)c1. The number of carbonyl (C=O) groups excluding carboxylic acids is 3. The molecule has 2 saturated heterocycles. The number of rotatable bonds is 6. The van der Waals surface area contributed by atoms with Gasteiger partial charge < -0.3 is 34.8 Å². The number of nitrogens with zero attached hydrogens (tertiary/aromatic N) is 3. The molecule has 2 N–H and O–H groups in total. The molecule has 2 aromatic rings. The predicted molar refractivity (Wildman–Crippen MR) is 137 cm³/mol. The Morgan fingerprint density at radius 1 is 0.946 bits per heavy atom. The highest BCUT2D eigenvalue weighted by Crippen LogP contribution is 2.28. The number of ether oxygens (including phenoxy) is 2. The first kappa shape index (κ1) is 26.4. The molecule has 198 valence electrons. The smallest absolute Gasteiger partial charge is 0.321 e. The molecule has 11 heteroatoms. The highest BCUT2D eigenvalue weighted by Gasteiger charge is 2.26. The van der Waals surface area contributed by atoms with Crippen LogP contribution >= 0.6 is 0 Å². The van der Waals surface area contributed by atoms with Gasteiger partial charge in [0.05, 0.1) is 24.5 Å². The number of urea groups is 1. The molecule has 0 saturated carbocycles. The number of hydrogen-bond donors (Lipinski definition) is 2. The standard InChI is InChI=1S/C26H32FN5O5/c1-36-18-24(33)28-19-7-8-23(20(17-19)25(34)31-13-15-37-16-14-31)30-9-4-10-32(12-11-30)26(35)29-22-6-3-2-5-21(22)27/h2-3,5-8,17H,4,9-16,18H2,1H3,(H,28,33)(H,29,35). The fourth-order valence-corrected chi connectivity index (χ4v) is 4.44. The predicted octanol–water partition coefficient (Wildman–Crippen LogP) is 2.63. The van der Waals surface area contributed by atoms with Crippen LogP contribution in [0.2, 0.25) is 0 Å². The van der Waals surface area contributed by atoms with Gasteiger partial charge in [-0.15, -0.1) is 0 Å². The largest absolute Gasteiger partial charge is 0.378 e. The summed E-state index contributed by atoms with van der Waals surface area (Å²) in [5, 5.41) is 5.40. The molecular weight excluding hydrogens is 481 g/mol. The van der Waals surface area contributed by atoms with Gasteiger partial charge in [-0.2, -0.15) is 0 Å². The molecule has 0 aliphatic carbocycles. The van der Waals surface area contributed by atoms with Gasteiger partial charge in [-0.05, 0) is 36.8 Å². The summed E-state index contributed by atoms with van der Waals surface area (Å²) in [5.74, 6) is -0.943. The molecule has 2 aromatic carbocycles. The molecule has 0 bridgehead atoms. The molecule has 0 radical (unpaired) electrons. The summed E-state index contributed by atoms with van der Waals surface area (Å²) in [6, 6.07) is 11.0. The summed E-state index contributed by atoms with van der Waals surface area (Å²) in [4.78, 5) is 43.8. The maximum atomic E-state index is 14.0. The molecule has 2 heterocycles. The van der Waals surface area contributed by atoms with Crippen molar-refractivity contribution in [3.8, 4) is 0 Å². The van der Waals surface area contributed by atoms with Gasteiger partial charge in [0.1, 0.15) is 12.4 Å². The lowest BCUT2D eigenvalue weighted by atomic mass is 10.1. The van der Waals surface area contributed by atoms with Crippen LogP contribution in [0.4, 0.5) is 26.2 Å². The summed E-state index contributed by atoms with van der Waals surface area (Å²) < 4.78 is 24.3. The van der Waals surface area contributed by atoms with E-state index in [4.69, 9.17) is 9.47 Å². The zero-order valence-corrected chi connectivity index (χ0v) is 20.9. The van der Waals surface area contributed by atoms with Gasteiger partial charge >= 0.3 is 6.03 Å². The highest BCUT2D eigenvalue weighted by atomic mass is 19.1. The van der Waals surface area contributed by atoms with Crippen LogP contribution in [0, 0.1) is 5.82 Å². The number of morpholine rings is 1. The number of benzene rings is 2. The van der Waals surface area contributed by atoms with E-state index < -0.39 is 5.82 Å². The van der Waals surface area contributed by atoms with Crippen molar-refractivity contribution in [1.82, 2.24) is 9.80 Å². The molecule has 0 aromatic heterocycles. The van der Waals surface area contributed by atoms with E-state index in [1.807, 2.05) is 6.07 Å². The normalized spacial score (nSPS) is 16.2. The third-order valence-electron chi connectivity index (χ3n) is 6.32. The monoisotopic (exact) mass is 513 g/mol. The number of carbonyl (C=O) groups is 3. The molecule has 0 atom stereocenters. The Balaban J connectivity index is 1.51. The van der Waals surface area contributed by atoms with Crippen molar-refractivity contribution in [2.24, 2.45) is 0 Å². The maximum Gasteiger partial charge on any atom is 0.321 e. The van der Waals surface area contributed by atoms with Gasteiger partial charge in [-0.3, -0.25) is 9.59 Å². The fraction of sp³-hybridized carbons (Fsp3) is 0.423. The average Bonchev–Trinajstić information content (AvgIpc) is 3.17. The first-order valence-corrected chi connectivity index (χ1v) is 12.3. The van der Waals surface area contributed by atoms with Crippen LogP contribution in [0.3, 0.4) is 0 Å². The topological polar surface area (TPSA) is 103 Å². The van der Waals surface area contributed by atoms with Crippen molar-refractivity contribution in [2.45, 2.75) is 6.42 Å². The zero-order chi connectivity index (χ0) is 26.2. The van der Waals surface area contributed by atoms with Gasteiger partial charge in [0, 0.05) is 57.8 Å². The second-order valence-corrected chi connectivity index (χ2v) is 8.86. The van der Waals surface area contributed by atoms with E-state index in [2.05, 4.69) is 15.5 Å². The van der Waals surface area contributed by atoms with Gasteiger partial charge in [0.15, 0.2) is 0 Å². The summed E-state index contributed by atoms with van der Waals surface area (Å²) in [6.07, 6.45) is 0.669. The lowest BCUT2D eigenvalue weighted by Gasteiger charge is -2.30. The highest BCUT2D eigenvalue weighted by molar-refractivity contribution is 6.02. The zero-order valence-electron chi connectivity index (χ0n) is 20.9. The first-order valence-electron chi connectivity index (χ1n) is 12.3. The van der Waals surface area contributed by atoms with E-state index in [1.165, 1.54) is 19.2 Å². The minimum atomic E-state index is -0.490. The minimum absolute atomic E-state index is 0.0919. The number of anilines is 3. The number of methoxy groups -OCH3 is 1. The Hall–Kier alpha value is -3.70. The second kappa shape index (κ2) is 12.5. The van der Waals surface area contributed by atoms with Crippen LogP contribution < -0.4 is 15.5 Å².